The van der Waals surface area contributed by atoms with Crippen LogP contribution in [0.25, 0.3) is 0 Å². The molecule has 0 fully saturated rings. The molecule has 1 aromatic rings. The molecule has 1 N–H and O–H groups in total. The maximum atomic E-state index is 9.62. The smallest absolute Gasteiger partial charge is 0.0969 e. The highest BCUT2D eigenvalue weighted by atomic mass is 35.5. The summed E-state index contributed by atoms with van der Waals surface area (Å²) in [6.45, 7) is 6.41. The number of hydrogen-bond donors (Lipinski definition) is 1. The van der Waals surface area contributed by atoms with Crippen molar-refractivity contribution in [2.75, 3.05) is 6.61 Å². The van der Waals surface area contributed by atoms with Crippen LogP contribution in [0.2, 0.25) is 5.02 Å². The van der Waals surface area contributed by atoms with Crippen LogP contribution in [-0.2, 0) is 11.3 Å². The molecular weight excluding hydrogens is 216 g/mol. The van der Waals surface area contributed by atoms with Gasteiger partial charge in [-0.05, 0) is 20.8 Å². The molecule has 4 nitrogen and oxygen atoms in total. The molecule has 0 amide bonds. The van der Waals surface area contributed by atoms with Crippen molar-refractivity contribution in [2.45, 2.75) is 39.5 Å². The van der Waals surface area contributed by atoms with E-state index >= 15 is 0 Å². The van der Waals surface area contributed by atoms with E-state index in [9.17, 15) is 5.11 Å². The van der Waals surface area contributed by atoms with E-state index in [1.54, 1.807) is 10.9 Å². The third-order valence-electron chi connectivity index (χ3n) is 1.91. The van der Waals surface area contributed by atoms with E-state index in [0.29, 0.717) is 18.2 Å². The summed E-state index contributed by atoms with van der Waals surface area (Å²) in [6.07, 6.45) is 1.28. The van der Waals surface area contributed by atoms with Gasteiger partial charge in [0.05, 0.1) is 36.1 Å². The Morgan fingerprint density at radius 3 is 2.73 bits per heavy atom. The lowest BCUT2D eigenvalue weighted by atomic mass is 10.3. The minimum absolute atomic E-state index is 0.127. The summed E-state index contributed by atoms with van der Waals surface area (Å²) >= 11 is 5.84. The molecule has 1 aromatic heterocycles. The van der Waals surface area contributed by atoms with E-state index in [2.05, 4.69) is 5.10 Å². The number of rotatable bonds is 5. The summed E-state index contributed by atoms with van der Waals surface area (Å²) < 4.78 is 6.92. The second-order valence-corrected chi connectivity index (χ2v) is 4.23. The maximum absolute atomic E-state index is 9.62. The largest absolute Gasteiger partial charge is 0.389 e. The summed E-state index contributed by atoms with van der Waals surface area (Å²) in [6, 6.07) is 0. The lowest BCUT2D eigenvalue weighted by Gasteiger charge is -2.13. The van der Waals surface area contributed by atoms with E-state index in [4.69, 9.17) is 16.3 Å². The molecular formula is C10H17ClN2O2. The molecule has 0 radical (unpaired) electrons. The van der Waals surface area contributed by atoms with Crippen molar-refractivity contribution in [3.05, 3.63) is 16.9 Å². The fourth-order valence-corrected chi connectivity index (χ4v) is 1.31. The maximum Gasteiger partial charge on any atom is 0.0969 e. The highest BCUT2D eigenvalue weighted by Crippen LogP contribution is 2.12. The predicted octanol–water partition coefficient (Wildman–Crippen LogP) is 1.63. The topological polar surface area (TPSA) is 47.3 Å². The van der Waals surface area contributed by atoms with E-state index < -0.39 is 6.10 Å². The first-order chi connectivity index (χ1) is 6.99. The average molecular weight is 233 g/mol. The molecule has 0 saturated heterocycles. The Labute approximate surface area is 94.8 Å². The van der Waals surface area contributed by atoms with Gasteiger partial charge in [-0.1, -0.05) is 11.6 Å². The van der Waals surface area contributed by atoms with Crippen LogP contribution in [0.15, 0.2) is 6.20 Å². The van der Waals surface area contributed by atoms with E-state index in [1.807, 2.05) is 20.8 Å². The summed E-state index contributed by atoms with van der Waals surface area (Å²) in [4.78, 5) is 0. The molecule has 0 aliphatic carbocycles. The molecule has 86 valence electrons. The fourth-order valence-electron chi connectivity index (χ4n) is 1.16. The standard InChI is InChI=1S/C10H17ClN2O2/c1-7(2)15-6-9(14)4-13-5-10(11)8(3)12-13/h5,7,9,14H,4,6H2,1-3H3. The van der Waals surface area contributed by atoms with E-state index in [0.717, 1.165) is 5.69 Å². The molecule has 0 bridgehead atoms. The van der Waals surface area contributed by atoms with Gasteiger partial charge in [0.25, 0.3) is 0 Å². The van der Waals surface area contributed by atoms with Gasteiger partial charge >= 0.3 is 0 Å². The lowest BCUT2D eigenvalue weighted by Crippen LogP contribution is -2.24. The quantitative estimate of drug-likeness (QED) is 0.840. The monoisotopic (exact) mass is 232 g/mol. The molecule has 1 atom stereocenters. The van der Waals surface area contributed by atoms with Crippen molar-refractivity contribution >= 4 is 11.6 Å². The third kappa shape index (κ3) is 4.20. The van der Waals surface area contributed by atoms with Gasteiger partial charge in [0.2, 0.25) is 0 Å². The van der Waals surface area contributed by atoms with Gasteiger partial charge in [-0.2, -0.15) is 5.10 Å². The van der Waals surface area contributed by atoms with Crippen LogP contribution >= 0.6 is 11.6 Å². The average Bonchev–Trinajstić information content (AvgIpc) is 2.42. The number of aliphatic hydroxyl groups is 1. The summed E-state index contributed by atoms with van der Waals surface area (Å²) in [5, 5.41) is 14.4. The molecule has 0 aliphatic rings. The Morgan fingerprint density at radius 2 is 2.27 bits per heavy atom. The number of aliphatic hydroxyl groups excluding tert-OH is 1. The molecule has 0 saturated carbocycles. The molecule has 0 spiro atoms. The molecule has 5 heteroatoms. The second-order valence-electron chi connectivity index (χ2n) is 3.82. The molecule has 15 heavy (non-hydrogen) atoms. The predicted molar refractivity (Wildman–Crippen MR) is 59.1 cm³/mol. The minimum Gasteiger partial charge on any atom is -0.389 e. The summed E-state index contributed by atoms with van der Waals surface area (Å²) in [5.41, 5.74) is 0.772. The first-order valence-corrected chi connectivity index (χ1v) is 5.36. The van der Waals surface area contributed by atoms with Crippen LogP contribution in [0.4, 0.5) is 0 Å². The Hall–Kier alpha value is -0.580. The molecule has 0 aliphatic heterocycles. The lowest BCUT2D eigenvalue weighted by molar-refractivity contribution is -0.00204. The third-order valence-corrected chi connectivity index (χ3v) is 2.28. The van der Waals surface area contributed by atoms with Crippen LogP contribution in [0.3, 0.4) is 0 Å². The fraction of sp³-hybridized carbons (Fsp3) is 0.700. The first kappa shape index (κ1) is 12.5. The van der Waals surface area contributed by atoms with Crippen molar-refractivity contribution in [2.24, 2.45) is 0 Å². The van der Waals surface area contributed by atoms with Gasteiger partial charge in [0.15, 0.2) is 0 Å². The van der Waals surface area contributed by atoms with Gasteiger partial charge in [0, 0.05) is 6.20 Å². The Morgan fingerprint density at radius 1 is 1.60 bits per heavy atom. The number of halogens is 1. The van der Waals surface area contributed by atoms with Crippen LogP contribution in [-0.4, -0.2) is 33.7 Å². The normalized spacial score (nSPS) is 13.5. The number of ether oxygens (including phenoxy) is 1. The second kappa shape index (κ2) is 5.49. The number of aromatic nitrogens is 2. The highest BCUT2D eigenvalue weighted by Gasteiger charge is 2.09. The van der Waals surface area contributed by atoms with Crippen LogP contribution < -0.4 is 0 Å². The zero-order chi connectivity index (χ0) is 11.4. The zero-order valence-electron chi connectivity index (χ0n) is 9.27. The molecule has 1 heterocycles. The van der Waals surface area contributed by atoms with Crippen molar-refractivity contribution in [3.63, 3.8) is 0 Å². The van der Waals surface area contributed by atoms with Gasteiger partial charge in [-0.3, -0.25) is 4.68 Å². The van der Waals surface area contributed by atoms with Gasteiger partial charge in [-0.15, -0.1) is 0 Å². The molecule has 0 aromatic carbocycles. The van der Waals surface area contributed by atoms with Crippen LogP contribution in [0.5, 0.6) is 0 Å². The number of nitrogens with zero attached hydrogens (tertiary/aromatic N) is 2. The summed E-state index contributed by atoms with van der Waals surface area (Å²) in [7, 11) is 0. The first-order valence-electron chi connectivity index (χ1n) is 4.98. The van der Waals surface area contributed by atoms with E-state index in [-0.39, 0.29) is 6.10 Å². The van der Waals surface area contributed by atoms with Crippen molar-refractivity contribution in [1.29, 1.82) is 0 Å². The number of aryl methyl sites for hydroxylation is 1. The van der Waals surface area contributed by atoms with Crippen LogP contribution in [0.1, 0.15) is 19.5 Å². The van der Waals surface area contributed by atoms with Crippen molar-refractivity contribution < 1.29 is 9.84 Å². The van der Waals surface area contributed by atoms with Crippen LogP contribution in [0, 0.1) is 6.92 Å². The highest BCUT2D eigenvalue weighted by molar-refractivity contribution is 6.31. The van der Waals surface area contributed by atoms with Gasteiger partial charge in [0.1, 0.15) is 0 Å². The van der Waals surface area contributed by atoms with Crippen molar-refractivity contribution in [3.8, 4) is 0 Å². The Balaban J connectivity index is 2.40. The Kier molecular flexibility index (Phi) is 4.57. The Bertz CT molecular complexity index is 293. The SMILES string of the molecule is Cc1nn(CC(O)COC(C)C)cc1Cl. The molecule has 1 rings (SSSR count). The van der Waals surface area contributed by atoms with Gasteiger partial charge < -0.3 is 9.84 Å². The molecule has 1 unspecified atom stereocenters. The van der Waals surface area contributed by atoms with Crippen molar-refractivity contribution in [1.82, 2.24) is 9.78 Å². The minimum atomic E-state index is -0.553. The van der Waals surface area contributed by atoms with E-state index in [1.165, 1.54) is 0 Å². The zero-order valence-corrected chi connectivity index (χ0v) is 10.0. The number of hydrogen-bond acceptors (Lipinski definition) is 3. The summed E-state index contributed by atoms with van der Waals surface area (Å²) in [5.74, 6) is 0. The van der Waals surface area contributed by atoms with Gasteiger partial charge in [-0.25, -0.2) is 0 Å².